The van der Waals surface area contributed by atoms with Crippen LogP contribution in [0, 0.1) is 0 Å². The molecule has 76 heavy (non-hydrogen) atoms. The van der Waals surface area contributed by atoms with E-state index < -0.39 is 64.3 Å². The van der Waals surface area contributed by atoms with Crippen LogP contribution in [0.15, 0.2) is 97.1 Å². The van der Waals surface area contributed by atoms with Crippen molar-refractivity contribution in [2.24, 2.45) is 0 Å². The Balaban J connectivity index is 0.000000208. The van der Waals surface area contributed by atoms with Crippen molar-refractivity contribution in [2.45, 2.75) is 57.3 Å². The highest BCUT2D eigenvalue weighted by Gasteiger charge is 2.36. The molecule has 4 aromatic carbocycles. The van der Waals surface area contributed by atoms with E-state index in [0.717, 1.165) is 73.3 Å². The number of nitrogens with one attached hydrogen (secondary N) is 2. The van der Waals surface area contributed by atoms with Crippen LogP contribution in [0.2, 0.25) is 0 Å². The molecule has 2 aliphatic carbocycles. The molecule has 0 saturated carbocycles. The standard InChI is InChI=1S/C26H21N3O9.C24H22N2O7S.O3S/c30-21(11-12-28-22(31)7-8-23(28)32)27-15-5-6-18-16-3-1-2-4-17(16)20(19(18)13-15)14-36-26(35)37-38-29-24(33)9-10-25(29)34;1-14(27)34-11-10-21(28)25-15-6-7-18-16-4-2-3-5-17(16)20(19(18)12-15)13-32-24(31)33-26-22(29)8-9-23(26)30;1-4(2)3/h1-8,13,20H,9-12,14H2,(H,27,30);2-7,12,20H,8-11,13H2,1H3,(H,25,28);. The monoisotopic (exact) mass is 1080 g/mol. The van der Waals surface area contributed by atoms with Crippen LogP contribution in [0.1, 0.15) is 79.5 Å². The number of rotatable bonds is 15. The topological polar surface area (TPSA) is 319 Å². The van der Waals surface area contributed by atoms with Crippen molar-refractivity contribution < 1.29 is 89.6 Å². The average molecular weight is 1080 g/mol. The number of hydrogen-bond acceptors (Lipinski definition) is 20. The van der Waals surface area contributed by atoms with Crippen molar-refractivity contribution in [1.82, 2.24) is 15.0 Å². The first-order valence-corrected chi connectivity index (χ1v) is 24.9. The van der Waals surface area contributed by atoms with Gasteiger partial charge in [-0.15, -0.1) is 17.7 Å². The van der Waals surface area contributed by atoms with Crippen molar-refractivity contribution in [1.29, 1.82) is 0 Å². The molecule has 26 heteroatoms. The van der Waals surface area contributed by atoms with Crippen LogP contribution in [0.25, 0.3) is 22.3 Å². The minimum Gasteiger partial charge on any atom is -0.432 e. The van der Waals surface area contributed by atoms with Gasteiger partial charge in [-0.25, -0.2) is 14.5 Å². The lowest BCUT2D eigenvalue weighted by Crippen LogP contribution is -2.33. The van der Waals surface area contributed by atoms with Crippen LogP contribution in [-0.2, 0) is 77.9 Å². The molecule has 9 rings (SSSR count). The van der Waals surface area contributed by atoms with Gasteiger partial charge in [0.15, 0.2) is 5.12 Å². The summed E-state index contributed by atoms with van der Waals surface area (Å²) in [5, 5.41) is 6.38. The molecule has 5 aliphatic rings. The Morgan fingerprint density at radius 1 is 0.579 bits per heavy atom. The van der Waals surface area contributed by atoms with Gasteiger partial charge in [-0.3, -0.25) is 52.9 Å². The molecule has 394 valence electrons. The summed E-state index contributed by atoms with van der Waals surface area (Å²) in [6.45, 7) is 1.20. The lowest BCUT2D eigenvalue weighted by atomic mass is 9.97. The molecule has 2 atom stereocenters. The van der Waals surface area contributed by atoms with E-state index in [-0.39, 0.29) is 81.1 Å². The number of ether oxygens (including phenoxy) is 2. The Morgan fingerprint density at radius 2 is 1.01 bits per heavy atom. The fourth-order valence-corrected chi connectivity index (χ4v) is 9.10. The van der Waals surface area contributed by atoms with Crippen LogP contribution in [0.4, 0.5) is 21.0 Å². The summed E-state index contributed by atoms with van der Waals surface area (Å²) in [7, 11) is -3.11. The van der Waals surface area contributed by atoms with E-state index >= 15 is 0 Å². The lowest BCUT2D eigenvalue weighted by Gasteiger charge is -2.16. The smallest absolute Gasteiger partial charge is 0.432 e. The second-order valence-electron chi connectivity index (χ2n) is 16.7. The van der Waals surface area contributed by atoms with Crippen molar-refractivity contribution in [2.75, 3.05) is 36.1 Å². The fourth-order valence-electron chi connectivity index (χ4n) is 8.53. The highest BCUT2D eigenvalue weighted by atomic mass is 32.2. The number of hydrogen-bond donors (Lipinski definition) is 2. The summed E-state index contributed by atoms with van der Waals surface area (Å²) in [6, 6.07) is 26.1. The van der Waals surface area contributed by atoms with Gasteiger partial charge in [0.1, 0.15) is 13.2 Å². The van der Waals surface area contributed by atoms with E-state index in [1.807, 2.05) is 66.7 Å². The van der Waals surface area contributed by atoms with E-state index in [1.54, 1.807) is 18.2 Å². The lowest BCUT2D eigenvalue weighted by molar-refractivity contribution is -0.361. The van der Waals surface area contributed by atoms with E-state index in [2.05, 4.69) is 20.5 Å². The van der Waals surface area contributed by atoms with E-state index in [0.29, 0.717) is 27.3 Å². The van der Waals surface area contributed by atoms with Crippen molar-refractivity contribution in [3.05, 3.63) is 119 Å². The highest BCUT2D eigenvalue weighted by molar-refractivity contribution is 8.13. The summed E-state index contributed by atoms with van der Waals surface area (Å²) in [5.74, 6) is -4.22. The summed E-state index contributed by atoms with van der Waals surface area (Å²) in [5.41, 5.74) is 8.33. The first-order chi connectivity index (χ1) is 36.4. The summed E-state index contributed by atoms with van der Waals surface area (Å²) < 4.78 is 35.8. The van der Waals surface area contributed by atoms with Crippen molar-refractivity contribution >= 4 is 98.4 Å². The van der Waals surface area contributed by atoms with Crippen molar-refractivity contribution in [3.63, 3.8) is 0 Å². The van der Waals surface area contributed by atoms with Gasteiger partial charge in [-0.05, 0) is 73.8 Å². The minimum atomic E-state index is -3.11. The number of carbonyl (C=O) groups excluding carboxylic acids is 11. The third-order valence-corrected chi connectivity index (χ3v) is 12.7. The maximum atomic E-state index is 12.5. The normalized spacial score (nSPS) is 16.4. The predicted octanol–water partition coefficient (Wildman–Crippen LogP) is 4.82. The van der Waals surface area contributed by atoms with E-state index in [4.69, 9.17) is 26.9 Å². The number of carbonyl (C=O) groups is 11. The number of imide groups is 3. The average Bonchev–Trinajstić information content (AvgIpc) is 4.16. The SMILES string of the molecule is CC(=O)SCCC(=O)Nc1ccc2c(c1)C(COC(=O)ON1C(=O)CCC1=O)c1ccccc1-2.O=C(CCN1C(=O)C=CC1=O)Nc1ccc2c(c1)C(COC(=O)OON1C(=O)CCC1=O)c1ccccc1-2.O=S(=O)=O. The molecule has 0 bridgehead atoms. The highest BCUT2D eigenvalue weighted by Crippen LogP contribution is 2.47. The Morgan fingerprint density at radius 3 is 1.50 bits per heavy atom. The maximum absolute atomic E-state index is 12.5. The van der Waals surface area contributed by atoms with Gasteiger partial charge in [0.25, 0.3) is 35.4 Å². The molecule has 3 heterocycles. The molecule has 24 nitrogen and oxygen atoms in total. The molecule has 2 saturated heterocycles. The van der Waals surface area contributed by atoms with Crippen LogP contribution < -0.4 is 10.6 Å². The second-order valence-corrected chi connectivity index (χ2v) is 18.4. The second kappa shape index (κ2) is 24.9. The van der Waals surface area contributed by atoms with Gasteiger partial charge in [-0.2, -0.15) is 0 Å². The minimum absolute atomic E-state index is 0.00255. The van der Waals surface area contributed by atoms with Gasteiger partial charge in [0.05, 0.1) is 0 Å². The van der Waals surface area contributed by atoms with Crippen LogP contribution in [0.5, 0.6) is 0 Å². The summed E-state index contributed by atoms with van der Waals surface area (Å²) in [6.07, 6.45) is 0.0200. The first-order valence-electron chi connectivity index (χ1n) is 23.0. The molecule has 0 radical (unpaired) electrons. The molecule has 8 amide bonds. The zero-order valence-electron chi connectivity index (χ0n) is 39.9. The fraction of sp³-hybridized carbons (Fsp3) is 0.260. The number of thioether (sulfide) groups is 1. The number of hydroxylamine groups is 4. The quantitative estimate of drug-likeness (QED) is 0.0697. The van der Waals surface area contributed by atoms with Gasteiger partial charge in [-0.1, -0.05) is 77.5 Å². The number of fused-ring (bicyclic) bond motifs is 6. The third-order valence-electron chi connectivity index (χ3n) is 11.9. The van der Waals surface area contributed by atoms with Gasteiger partial charge in [0.2, 0.25) is 11.8 Å². The zero-order valence-corrected chi connectivity index (χ0v) is 41.5. The number of benzene rings is 4. The molecule has 2 unspecified atom stereocenters. The Kier molecular flexibility index (Phi) is 18.0. The number of anilines is 2. The summed E-state index contributed by atoms with van der Waals surface area (Å²) >= 11 is 1.10. The zero-order chi connectivity index (χ0) is 54.6. The van der Waals surface area contributed by atoms with Crippen LogP contribution in [-0.4, -0.2) is 118 Å². The van der Waals surface area contributed by atoms with Gasteiger partial charge in [0, 0.05) is 93.1 Å². The number of nitrogens with zero attached hydrogens (tertiary/aromatic N) is 3. The molecule has 0 aromatic heterocycles. The summed E-state index contributed by atoms with van der Waals surface area (Å²) in [4.78, 5) is 145. The van der Waals surface area contributed by atoms with E-state index in [9.17, 15) is 52.7 Å². The third kappa shape index (κ3) is 13.6. The predicted molar refractivity (Wildman–Crippen MR) is 261 cm³/mol. The first kappa shape index (κ1) is 54.9. The maximum Gasteiger partial charge on any atom is 0.542 e. The molecular weight excluding hydrogens is 1040 g/mol. The van der Waals surface area contributed by atoms with Crippen LogP contribution in [0.3, 0.4) is 0 Å². The molecule has 0 spiro atoms. The molecule has 2 N–H and O–H groups in total. The molecule has 4 aromatic rings. The largest absolute Gasteiger partial charge is 0.542 e. The molecular formula is C50H43N5O19S2. The number of amides is 8. The van der Waals surface area contributed by atoms with Gasteiger partial charge < -0.3 is 20.1 Å². The molecule has 2 fully saturated rings. The Labute approximate surface area is 436 Å². The molecule has 3 aliphatic heterocycles. The van der Waals surface area contributed by atoms with E-state index in [1.165, 1.54) is 6.92 Å². The Hall–Kier alpha value is -8.88. The van der Waals surface area contributed by atoms with Crippen LogP contribution >= 0.6 is 11.8 Å². The van der Waals surface area contributed by atoms with Gasteiger partial charge >= 0.3 is 22.9 Å². The van der Waals surface area contributed by atoms with Crippen molar-refractivity contribution in [3.8, 4) is 22.3 Å². The Bertz CT molecular complexity index is 3160.